The summed E-state index contributed by atoms with van der Waals surface area (Å²) in [6.45, 7) is 9.93. The number of aliphatic hydroxyl groups excluding tert-OH is 1. The molecule has 146 valence electrons. The summed E-state index contributed by atoms with van der Waals surface area (Å²) in [5, 5.41) is 23.3. The van der Waals surface area contributed by atoms with Gasteiger partial charge in [-0.3, -0.25) is 0 Å². The predicted molar refractivity (Wildman–Crippen MR) is 90.2 cm³/mol. The number of hydrogen-bond acceptors (Lipinski definition) is 6. The van der Waals surface area contributed by atoms with Crippen LogP contribution in [0.2, 0.25) is 0 Å². The van der Waals surface area contributed by atoms with E-state index in [-0.39, 0.29) is 29.5 Å². The van der Waals surface area contributed by atoms with Gasteiger partial charge < -0.3 is 29.2 Å². The van der Waals surface area contributed by atoms with Gasteiger partial charge in [-0.15, -0.1) is 0 Å². The Morgan fingerprint density at radius 3 is 2.54 bits per heavy atom. The summed E-state index contributed by atoms with van der Waals surface area (Å²) in [4.78, 5) is 0. The van der Waals surface area contributed by atoms with Crippen molar-refractivity contribution in [1.29, 1.82) is 0 Å². The van der Waals surface area contributed by atoms with Crippen LogP contribution in [0.25, 0.3) is 0 Å². The van der Waals surface area contributed by atoms with Crippen molar-refractivity contribution >= 4 is 0 Å². The van der Waals surface area contributed by atoms with Crippen LogP contribution in [0.1, 0.15) is 40.5 Å². The first-order chi connectivity index (χ1) is 12.2. The molecule has 4 heterocycles. The third kappa shape index (κ3) is 1.26. The Hall–Kier alpha value is -0.240. The molecule has 6 unspecified atom stereocenters. The molecule has 6 aliphatic rings. The zero-order chi connectivity index (χ0) is 18.3. The Labute approximate surface area is 154 Å². The van der Waals surface area contributed by atoms with Crippen LogP contribution in [0.15, 0.2) is 0 Å². The van der Waals surface area contributed by atoms with Crippen LogP contribution in [-0.4, -0.2) is 65.8 Å². The van der Waals surface area contributed by atoms with E-state index >= 15 is 0 Å². The Bertz CT molecular complexity index is 676. The maximum absolute atomic E-state index is 11.9. The van der Waals surface area contributed by atoms with Crippen molar-refractivity contribution in [2.45, 2.75) is 76.3 Å². The lowest BCUT2D eigenvalue weighted by Gasteiger charge is -2.49. The molecule has 0 bridgehead atoms. The largest absolute Gasteiger partial charge is 0.390 e. The second-order valence-corrected chi connectivity index (χ2v) is 10.7. The van der Waals surface area contributed by atoms with Gasteiger partial charge >= 0.3 is 0 Å². The molecule has 26 heavy (non-hydrogen) atoms. The molecule has 0 aromatic carbocycles. The van der Waals surface area contributed by atoms with Crippen LogP contribution in [0, 0.1) is 28.1 Å². The highest BCUT2D eigenvalue weighted by atomic mass is 16.7. The molecular formula is C20H30O6. The molecule has 6 heteroatoms. The van der Waals surface area contributed by atoms with Gasteiger partial charge in [-0.05, 0) is 24.2 Å². The van der Waals surface area contributed by atoms with Gasteiger partial charge in [0.15, 0.2) is 6.29 Å². The number of fused-ring (bicyclic) bond motifs is 1. The highest BCUT2D eigenvalue weighted by Crippen LogP contribution is 2.84. The average Bonchev–Trinajstić information content (AvgIpc) is 3.28. The van der Waals surface area contributed by atoms with Crippen LogP contribution in [0.3, 0.4) is 0 Å². The van der Waals surface area contributed by atoms with E-state index < -0.39 is 34.4 Å². The fraction of sp³-hybridized carbons (Fsp3) is 1.00. The normalized spacial score (nSPS) is 65.3. The molecule has 4 saturated heterocycles. The number of hydrogen-bond donors (Lipinski definition) is 2. The van der Waals surface area contributed by atoms with Crippen LogP contribution >= 0.6 is 0 Å². The summed E-state index contributed by atoms with van der Waals surface area (Å²) >= 11 is 0. The zero-order valence-corrected chi connectivity index (χ0v) is 16.0. The minimum atomic E-state index is -1.09. The molecule has 2 spiro atoms. The Morgan fingerprint density at radius 2 is 1.81 bits per heavy atom. The maximum atomic E-state index is 11.9. The van der Waals surface area contributed by atoms with E-state index in [1.54, 1.807) is 0 Å². The molecular weight excluding hydrogens is 336 g/mol. The highest BCUT2D eigenvalue weighted by Gasteiger charge is 2.95. The van der Waals surface area contributed by atoms with Crippen molar-refractivity contribution in [2.75, 3.05) is 19.8 Å². The van der Waals surface area contributed by atoms with Crippen molar-refractivity contribution in [2.24, 2.45) is 28.1 Å². The SMILES string of the molecule is C[C@@H]1COC2CC34C5CC(C(C)(C)C)C36C(OC[C@@H]6O)O[C@@]4(CO5)[C@]21O. The van der Waals surface area contributed by atoms with Crippen molar-refractivity contribution < 1.29 is 29.2 Å². The summed E-state index contributed by atoms with van der Waals surface area (Å²) in [6.07, 6.45) is 0.188. The first kappa shape index (κ1) is 16.7. The van der Waals surface area contributed by atoms with Crippen molar-refractivity contribution in [3.63, 3.8) is 0 Å². The second kappa shape index (κ2) is 4.34. The summed E-state index contributed by atoms with van der Waals surface area (Å²) in [7, 11) is 0. The quantitative estimate of drug-likeness (QED) is 0.668. The van der Waals surface area contributed by atoms with Gasteiger partial charge in [0, 0.05) is 11.3 Å². The minimum absolute atomic E-state index is 0.0262. The van der Waals surface area contributed by atoms with Crippen LogP contribution in [0.4, 0.5) is 0 Å². The minimum Gasteiger partial charge on any atom is -0.390 e. The molecule has 6 nitrogen and oxygen atoms in total. The molecule has 2 saturated carbocycles. The molecule has 0 amide bonds. The molecule has 0 aromatic heterocycles. The lowest BCUT2D eigenvalue weighted by Crippen LogP contribution is -2.64. The van der Waals surface area contributed by atoms with Crippen LogP contribution < -0.4 is 0 Å². The smallest absolute Gasteiger partial charge is 0.167 e. The van der Waals surface area contributed by atoms with Gasteiger partial charge in [0.05, 0.1) is 43.5 Å². The number of rotatable bonds is 0. The van der Waals surface area contributed by atoms with Crippen LogP contribution in [0.5, 0.6) is 0 Å². The van der Waals surface area contributed by atoms with Gasteiger partial charge in [-0.1, -0.05) is 27.7 Å². The Balaban J connectivity index is 1.64. The van der Waals surface area contributed by atoms with Gasteiger partial charge in [0.2, 0.25) is 0 Å². The predicted octanol–water partition coefficient (Wildman–Crippen LogP) is 1.08. The molecule has 0 radical (unpaired) electrons. The molecule has 2 N–H and O–H groups in total. The zero-order valence-electron chi connectivity index (χ0n) is 16.0. The van der Waals surface area contributed by atoms with E-state index in [1.807, 2.05) is 6.92 Å². The van der Waals surface area contributed by atoms with E-state index in [2.05, 4.69) is 20.8 Å². The lowest BCUT2D eigenvalue weighted by molar-refractivity contribution is -0.244. The maximum Gasteiger partial charge on any atom is 0.167 e. The standard InChI is InChI=1S/C20H30O6/c1-10-7-23-14-6-17-13-5-11(16(2,3)4)19(17)12(21)8-24-15(19)26-18(17,9-25-13)20(10,14)22/h10-15,21-22H,5-9H2,1-4H3/t10-,11?,12+,13?,14?,15?,17?,18-,19?,20-/m1/s1. The van der Waals surface area contributed by atoms with Gasteiger partial charge in [0.25, 0.3) is 0 Å². The molecule has 4 aliphatic heterocycles. The molecule has 2 aliphatic carbocycles. The number of ether oxygens (including phenoxy) is 4. The topological polar surface area (TPSA) is 77.4 Å². The summed E-state index contributed by atoms with van der Waals surface area (Å²) in [6, 6.07) is 0. The first-order valence-electron chi connectivity index (χ1n) is 10.1. The van der Waals surface area contributed by atoms with E-state index in [1.165, 1.54) is 0 Å². The van der Waals surface area contributed by atoms with E-state index in [9.17, 15) is 10.2 Å². The van der Waals surface area contributed by atoms with Crippen molar-refractivity contribution in [1.82, 2.24) is 0 Å². The second-order valence-electron chi connectivity index (χ2n) is 10.7. The van der Waals surface area contributed by atoms with Gasteiger partial charge in [0.1, 0.15) is 11.2 Å². The van der Waals surface area contributed by atoms with Crippen molar-refractivity contribution in [3.8, 4) is 0 Å². The third-order valence-electron chi connectivity index (χ3n) is 9.20. The fourth-order valence-corrected chi connectivity index (χ4v) is 8.44. The Morgan fingerprint density at radius 1 is 1.04 bits per heavy atom. The summed E-state index contributed by atoms with van der Waals surface area (Å²) in [5.41, 5.74) is -2.96. The lowest BCUT2D eigenvalue weighted by atomic mass is 9.51. The molecule has 10 atom stereocenters. The van der Waals surface area contributed by atoms with Crippen molar-refractivity contribution in [3.05, 3.63) is 0 Å². The van der Waals surface area contributed by atoms with E-state index in [4.69, 9.17) is 18.9 Å². The summed E-state index contributed by atoms with van der Waals surface area (Å²) < 4.78 is 25.2. The van der Waals surface area contributed by atoms with Crippen LogP contribution in [-0.2, 0) is 18.9 Å². The molecule has 0 aromatic rings. The third-order valence-corrected chi connectivity index (χ3v) is 9.20. The molecule has 6 rings (SSSR count). The Kier molecular flexibility index (Phi) is 2.79. The van der Waals surface area contributed by atoms with Gasteiger partial charge in [-0.25, -0.2) is 0 Å². The summed E-state index contributed by atoms with van der Waals surface area (Å²) in [5.74, 6) is 0.165. The fourth-order valence-electron chi connectivity index (χ4n) is 8.44. The monoisotopic (exact) mass is 366 g/mol. The number of aliphatic hydroxyl groups is 2. The first-order valence-corrected chi connectivity index (χ1v) is 10.1. The average molecular weight is 366 g/mol. The van der Waals surface area contributed by atoms with Gasteiger partial charge in [-0.2, -0.15) is 0 Å². The molecule has 6 fully saturated rings. The van der Waals surface area contributed by atoms with E-state index in [0.717, 1.165) is 6.42 Å². The highest BCUT2D eigenvalue weighted by molar-refractivity contribution is 5.40. The van der Waals surface area contributed by atoms with E-state index in [0.29, 0.717) is 26.2 Å².